The molecule has 4 rings (SSSR count). The Morgan fingerprint density at radius 3 is 2.32 bits per heavy atom. The van der Waals surface area contributed by atoms with E-state index < -0.39 is 0 Å². The fourth-order valence-electron chi connectivity index (χ4n) is 3.67. The molecule has 0 bridgehead atoms. The molecule has 0 atom stereocenters. The number of hydrogen-bond acceptors (Lipinski definition) is 3. The van der Waals surface area contributed by atoms with E-state index in [0.717, 1.165) is 42.0 Å². The highest BCUT2D eigenvalue weighted by atomic mass is 16.5. The molecule has 0 saturated carbocycles. The predicted molar refractivity (Wildman–Crippen MR) is 136 cm³/mol. The summed E-state index contributed by atoms with van der Waals surface area (Å²) in [7, 11) is 0. The molecule has 2 N–H and O–H groups in total. The molecule has 34 heavy (non-hydrogen) atoms. The largest absolute Gasteiger partial charge is 0.489 e. The lowest BCUT2D eigenvalue weighted by molar-refractivity contribution is 0.251. The normalized spacial score (nSPS) is 10.5. The molecule has 1 aromatic heterocycles. The van der Waals surface area contributed by atoms with Gasteiger partial charge in [-0.2, -0.15) is 0 Å². The molecule has 1 heterocycles. The first-order valence-corrected chi connectivity index (χ1v) is 11.5. The van der Waals surface area contributed by atoms with Crippen LogP contribution < -0.4 is 15.4 Å². The maximum absolute atomic E-state index is 12.1. The average Bonchev–Trinajstić information content (AvgIpc) is 2.89. The van der Waals surface area contributed by atoms with Crippen molar-refractivity contribution in [3.8, 4) is 5.75 Å². The molecule has 0 saturated heterocycles. The molecule has 172 valence electrons. The number of pyridine rings is 1. The van der Waals surface area contributed by atoms with Crippen LogP contribution in [0.25, 0.3) is 0 Å². The Labute approximate surface area is 200 Å². The van der Waals surface area contributed by atoms with Gasteiger partial charge in [0.2, 0.25) is 0 Å². The molecule has 5 heteroatoms. The van der Waals surface area contributed by atoms with Crippen LogP contribution in [0.5, 0.6) is 5.75 Å². The maximum atomic E-state index is 12.1. The molecule has 0 spiro atoms. The van der Waals surface area contributed by atoms with Crippen LogP contribution in [0.1, 0.15) is 28.8 Å². The van der Waals surface area contributed by atoms with E-state index in [9.17, 15) is 4.79 Å². The van der Waals surface area contributed by atoms with Crippen LogP contribution in [0.3, 0.4) is 0 Å². The van der Waals surface area contributed by atoms with Gasteiger partial charge in [0.25, 0.3) is 0 Å². The van der Waals surface area contributed by atoms with Crippen LogP contribution in [-0.2, 0) is 26.0 Å². The number of rotatable bonds is 10. The Morgan fingerprint density at radius 1 is 0.765 bits per heavy atom. The summed E-state index contributed by atoms with van der Waals surface area (Å²) in [4.78, 5) is 16.3. The highest BCUT2D eigenvalue weighted by Gasteiger charge is 2.05. The Bertz CT molecular complexity index is 1160. The molecular formula is C29H29N3O2. The summed E-state index contributed by atoms with van der Waals surface area (Å²) in [5.74, 6) is 0.947. The Balaban J connectivity index is 1.22. The number of aryl methyl sites for hydroxylation is 2. The number of carbonyl (C=O) groups excluding carboxylic acids is 1. The number of aromatic nitrogens is 1. The van der Waals surface area contributed by atoms with Gasteiger partial charge >= 0.3 is 6.03 Å². The minimum atomic E-state index is -0.245. The standard InChI is InChI=1S/C29H29N3O2/c33-29(31-21-27-14-6-7-20-30-27)32-26-18-16-23(17-19-26)11-8-13-25-12-4-5-15-28(25)34-22-24-9-2-1-3-10-24/h1-7,9-10,12,14-20H,8,11,13,21-22H2,(H2,31,32,33). The van der Waals surface area contributed by atoms with Crippen molar-refractivity contribution in [2.75, 3.05) is 5.32 Å². The van der Waals surface area contributed by atoms with Crippen LogP contribution in [0.4, 0.5) is 10.5 Å². The minimum Gasteiger partial charge on any atom is -0.489 e. The van der Waals surface area contributed by atoms with Gasteiger partial charge < -0.3 is 15.4 Å². The summed E-state index contributed by atoms with van der Waals surface area (Å²) in [6, 6.07) is 31.8. The lowest BCUT2D eigenvalue weighted by atomic mass is 10.0. The van der Waals surface area contributed by atoms with Gasteiger partial charge in [0, 0.05) is 11.9 Å². The molecule has 0 aliphatic carbocycles. The van der Waals surface area contributed by atoms with E-state index in [1.54, 1.807) is 6.20 Å². The fraction of sp³-hybridized carbons (Fsp3) is 0.172. The van der Waals surface area contributed by atoms with Gasteiger partial charge in [-0.3, -0.25) is 4.98 Å². The summed E-state index contributed by atoms with van der Waals surface area (Å²) in [6.07, 6.45) is 4.63. The number of hydrogen-bond donors (Lipinski definition) is 2. The summed E-state index contributed by atoms with van der Waals surface area (Å²) in [5, 5.41) is 5.68. The number of amides is 2. The van der Waals surface area contributed by atoms with Crippen LogP contribution >= 0.6 is 0 Å². The van der Waals surface area contributed by atoms with Crippen LogP contribution in [0, 0.1) is 0 Å². The fourth-order valence-corrected chi connectivity index (χ4v) is 3.67. The second-order valence-electron chi connectivity index (χ2n) is 8.06. The lowest BCUT2D eigenvalue weighted by Gasteiger charge is -2.12. The summed E-state index contributed by atoms with van der Waals surface area (Å²) < 4.78 is 6.08. The minimum absolute atomic E-state index is 0.245. The number of para-hydroxylation sites is 1. The number of carbonyl (C=O) groups is 1. The molecule has 0 unspecified atom stereocenters. The first-order valence-electron chi connectivity index (χ1n) is 11.5. The highest BCUT2D eigenvalue weighted by molar-refractivity contribution is 5.89. The van der Waals surface area contributed by atoms with Gasteiger partial charge in [-0.05, 0) is 66.3 Å². The van der Waals surface area contributed by atoms with E-state index in [2.05, 4.69) is 52.0 Å². The monoisotopic (exact) mass is 451 g/mol. The molecule has 2 amide bonds. The first-order chi connectivity index (χ1) is 16.8. The number of nitrogens with one attached hydrogen (secondary N) is 2. The molecule has 0 aliphatic rings. The van der Waals surface area contributed by atoms with Gasteiger partial charge in [-0.1, -0.05) is 66.7 Å². The zero-order valence-electron chi connectivity index (χ0n) is 19.1. The third-order valence-corrected chi connectivity index (χ3v) is 5.49. The van der Waals surface area contributed by atoms with Crippen molar-refractivity contribution in [1.29, 1.82) is 0 Å². The number of nitrogens with zero attached hydrogens (tertiary/aromatic N) is 1. The maximum Gasteiger partial charge on any atom is 0.319 e. The molecule has 0 radical (unpaired) electrons. The summed E-state index contributed by atoms with van der Waals surface area (Å²) >= 11 is 0. The van der Waals surface area contributed by atoms with Crippen LogP contribution in [0.2, 0.25) is 0 Å². The molecular weight excluding hydrogens is 422 g/mol. The number of benzene rings is 3. The Kier molecular flexibility index (Phi) is 8.28. The third kappa shape index (κ3) is 7.20. The van der Waals surface area contributed by atoms with Crippen molar-refractivity contribution in [2.45, 2.75) is 32.4 Å². The third-order valence-electron chi connectivity index (χ3n) is 5.49. The quantitative estimate of drug-likeness (QED) is 0.304. The van der Waals surface area contributed by atoms with Crippen molar-refractivity contribution in [3.63, 3.8) is 0 Å². The first kappa shape index (κ1) is 23.1. The van der Waals surface area contributed by atoms with Crippen molar-refractivity contribution in [3.05, 3.63) is 126 Å². The van der Waals surface area contributed by atoms with E-state index in [0.29, 0.717) is 13.2 Å². The van der Waals surface area contributed by atoms with E-state index in [1.807, 2.05) is 60.7 Å². The van der Waals surface area contributed by atoms with Crippen molar-refractivity contribution < 1.29 is 9.53 Å². The molecule has 5 nitrogen and oxygen atoms in total. The van der Waals surface area contributed by atoms with Gasteiger partial charge in [0.15, 0.2) is 0 Å². The number of urea groups is 1. The van der Waals surface area contributed by atoms with Crippen molar-refractivity contribution in [2.24, 2.45) is 0 Å². The summed E-state index contributed by atoms with van der Waals surface area (Å²) in [5.41, 5.74) is 5.21. The number of ether oxygens (including phenoxy) is 1. The lowest BCUT2D eigenvalue weighted by Crippen LogP contribution is -2.28. The van der Waals surface area contributed by atoms with Crippen molar-refractivity contribution >= 4 is 11.7 Å². The van der Waals surface area contributed by atoms with E-state index in [-0.39, 0.29) is 6.03 Å². The van der Waals surface area contributed by atoms with Gasteiger partial charge in [0.05, 0.1) is 12.2 Å². The van der Waals surface area contributed by atoms with Gasteiger partial charge in [-0.15, -0.1) is 0 Å². The van der Waals surface area contributed by atoms with Crippen LogP contribution in [-0.4, -0.2) is 11.0 Å². The zero-order valence-corrected chi connectivity index (χ0v) is 19.1. The summed E-state index contributed by atoms with van der Waals surface area (Å²) in [6.45, 7) is 0.961. The molecule has 0 aliphatic heterocycles. The van der Waals surface area contributed by atoms with Gasteiger partial charge in [0.1, 0.15) is 12.4 Å². The topological polar surface area (TPSA) is 63.2 Å². The molecule has 0 fully saturated rings. The predicted octanol–water partition coefficient (Wildman–Crippen LogP) is 6.16. The van der Waals surface area contributed by atoms with E-state index in [4.69, 9.17) is 4.74 Å². The second-order valence-corrected chi connectivity index (χ2v) is 8.06. The van der Waals surface area contributed by atoms with Crippen molar-refractivity contribution in [1.82, 2.24) is 10.3 Å². The SMILES string of the molecule is O=C(NCc1ccccn1)Nc1ccc(CCCc2ccccc2OCc2ccccc2)cc1. The average molecular weight is 452 g/mol. The Hall–Kier alpha value is -4.12. The van der Waals surface area contributed by atoms with E-state index >= 15 is 0 Å². The smallest absolute Gasteiger partial charge is 0.319 e. The van der Waals surface area contributed by atoms with E-state index in [1.165, 1.54) is 11.1 Å². The highest BCUT2D eigenvalue weighted by Crippen LogP contribution is 2.22. The molecule has 3 aromatic carbocycles. The molecule has 4 aromatic rings. The zero-order chi connectivity index (χ0) is 23.4. The number of anilines is 1. The van der Waals surface area contributed by atoms with Gasteiger partial charge in [-0.25, -0.2) is 4.79 Å². The van der Waals surface area contributed by atoms with Crippen LogP contribution in [0.15, 0.2) is 103 Å². The Morgan fingerprint density at radius 2 is 1.53 bits per heavy atom. The second kappa shape index (κ2) is 12.2.